The molecular formula is C25H18O3. The van der Waals surface area contributed by atoms with Crippen molar-refractivity contribution in [3.63, 3.8) is 0 Å². The van der Waals surface area contributed by atoms with Gasteiger partial charge in [-0.25, -0.2) is 4.79 Å². The van der Waals surface area contributed by atoms with Crippen LogP contribution in [0.2, 0.25) is 0 Å². The van der Waals surface area contributed by atoms with E-state index in [0.717, 1.165) is 33.4 Å². The summed E-state index contributed by atoms with van der Waals surface area (Å²) in [5.74, 6) is -0.657. The van der Waals surface area contributed by atoms with Crippen molar-refractivity contribution in [2.75, 3.05) is 0 Å². The molecule has 0 atom stereocenters. The van der Waals surface area contributed by atoms with Gasteiger partial charge in [0.1, 0.15) is 5.75 Å². The second kappa shape index (κ2) is 7.41. The molecule has 0 bridgehead atoms. The molecule has 4 rings (SSSR count). The number of phenols is 1. The molecule has 0 aliphatic heterocycles. The molecule has 4 aromatic carbocycles. The van der Waals surface area contributed by atoms with E-state index in [4.69, 9.17) is 5.11 Å². The van der Waals surface area contributed by atoms with Gasteiger partial charge >= 0.3 is 5.97 Å². The lowest BCUT2D eigenvalue weighted by Crippen LogP contribution is -1.94. The third-order valence-electron chi connectivity index (χ3n) is 4.77. The third kappa shape index (κ3) is 3.64. The van der Waals surface area contributed by atoms with Gasteiger partial charge < -0.3 is 10.2 Å². The van der Waals surface area contributed by atoms with Crippen molar-refractivity contribution in [2.45, 2.75) is 0 Å². The van der Waals surface area contributed by atoms with E-state index in [1.807, 2.05) is 36.4 Å². The van der Waals surface area contributed by atoms with Crippen LogP contribution in [-0.2, 0) is 0 Å². The zero-order valence-corrected chi connectivity index (χ0v) is 15.0. The second-order valence-corrected chi connectivity index (χ2v) is 6.58. The Morgan fingerprint density at radius 1 is 0.464 bits per heavy atom. The van der Waals surface area contributed by atoms with Crippen LogP contribution in [0.4, 0.5) is 0 Å². The molecule has 0 unspecified atom stereocenters. The van der Waals surface area contributed by atoms with Crippen molar-refractivity contribution in [3.8, 4) is 39.1 Å². The van der Waals surface area contributed by atoms with Gasteiger partial charge in [0.05, 0.1) is 5.56 Å². The second-order valence-electron chi connectivity index (χ2n) is 6.58. The van der Waals surface area contributed by atoms with Gasteiger partial charge in [-0.3, -0.25) is 0 Å². The molecule has 0 aliphatic carbocycles. The first-order chi connectivity index (χ1) is 13.6. The Kier molecular flexibility index (Phi) is 4.65. The maximum atomic E-state index is 11.0. The molecule has 0 radical (unpaired) electrons. The number of phenolic OH excluding ortho intramolecular Hbond substituents is 1. The maximum absolute atomic E-state index is 11.0. The molecule has 2 N–H and O–H groups in total. The summed E-state index contributed by atoms with van der Waals surface area (Å²) in [5, 5.41) is 18.4. The number of rotatable bonds is 4. The van der Waals surface area contributed by atoms with E-state index >= 15 is 0 Å². The normalized spacial score (nSPS) is 10.6. The Balaban J connectivity index is 1.55. The van der Waals surface area contributed by atoms with Crippen LogP contribution >= 0.6 is 0 Å². The number of benzene rings is 4. The van der Waals surface area contributed by atoms with Crippen molar-refractivity contribution < 1.29 is 15.0 Å². The molecule has 28 heavy (non-hydrogen) atoms. The fraction of sp³-hybridized carbons (Fsp3) is 0. The molecule has 0 aromatic heterocycles. The average Bonchev–Trinajstić information content (AvgIpc) is 2.75. The summed E-state index contributed by atoms with van der Waals surface area (Å²) in [6.45, 7) is 0. The molecular weight excluding hydrogens is 348 g/mol. The van der Waals surface area contributed by atoms with E-state index < -0.39 is 5.97 Å². The highest BCUT2D eigenvalue weighted by Gasteiger charge is 2.05. The average molecular weight is 366 g/mol. The van der Waals surface area contributed by atoms with Gasteiger partial charge in [0.15, 0.2) is 0 Å². The number of carboxylic acids is 1. The smallest absolute Gasteiger partial charge is 0.335 e. The van der Waals surface area contributed by atoms with Gasteiger partial charge in [-0.1, -0.05) is 72.8 Å². The van der Waals surface area contributed by atoms with Crippen LogP contribution < -0.4 is 0 Å². The molecule has 3 nitrogen and oxygen atoms in total. The molecule has 4 aromatic rings. The van der Waals surface area contributed by atoms with Crippen LogP contribution in [-0.4, -0.2) is 16.2 Å². The van der Waals surface area contributed by atoms with Gasteiger partial charge in [0.25, 0.3) is 0 Å². The van der Waals surface area contributed by atoms with Gasteiger partial charge in [0.2, 0.25) is 0 Å². The number of carboxylic acid groups (broad SMARTS) is 1. The quantitative estimate of drug-likeness (QED) is 0.459. The highest BCUT2D eigenvalue weighted by Crippen LogP contribution is 2.28. The van der Waals surface area contributed by atoms with Gasteiger partial charge in [0, 0.05) is 0 Å². The van der Waals surface area contributed by atoms with Crippen LogP contribution in [0.5, 0.6) is 5.75 Å². The molecule has 0 spiro atoms. The van der Waals surface area contributed by atoms with Crippen molar-refractivity contribution in [1.29, 1.82) is 0 Å². The van der Waals surface area contributed by atoms with Crippen molar-refractivity contribution in [2.24, 2.45) is 0 Å². The minimum absolute atomic E-state index is 0.262. The van der Waals surface area contributed by atoms with Crippen molar-refractivity contribution >= 4 is 5.97 Å². The van der Waals surface area contributed by atoms with E-state index in [9.17, 15) is 9.90 Å². The van der Waals surface area contributed by atoms with Crippen molar-refractivity contribution in [3.05, 3.63) is 103 Å². The lowest BCUT2D eigenvalue weighted by molar-refractivity contribution is 0.0697. The van der Waals surface area contributed by atoms with Crippen LogP contribution in [0.15, 0.2) is 97.1 Å². The summed E-state index contributed by atoms with van der Waals surface area (Å²) in [7, 11) is 0. The zero-order valence-electron chi connectivity index (χ0n) is 15.0. The number of aromatic carboxylic acids is 1. The SMILES string of the molecule is O=C(O)c1ccc(-c2ccc(-c3ccc(-c4ccc(O)cc4)cc3)cc2)cc1. The van der Waals surface area contributed by atoms with Crippen molar-refractivity contribution in [1.82, 2.24) is 0 Å². The van der Waals surface area contributed by atoms with E-state index in [-0.39, 0.29) is 11.3 Å². The number of hydrogen-bond donors (Lipinski definition) is 2. The van der Waals surface area contributed by atoms with E-state index in [2.05, 4.69) is 36.4 Å². The monoisotopic (exact) mass is 366 g/mol. The lowest BCUT2D eigenvalue weighted by atomic mass is 9.98. The Bertz CT molecular complexity index is 1090. The van der Waals surface area contributed by atoms with Crippen LogP contribution in [0.25, 0.3) is 33.4 Å². The summed E-state index contributed by atoms with van der Waals surface area (Å²) in [5.41, 5.74) is 6.71. The summed E-state index contributed by atoms with van der Waals surface area (Å²) >= 11 is 0. The predicted octanol–water partition coefficient (Wildman–Crippen LogP) is 6.09. The Morgan fingerprint density at radius 2 is 0.714 bits per heavy atom. The molecule has 136 valence electrons. The van der Waals surface area contributed by atoms with E-state index in [1.54, 1.807) is 24.3 Å². The first kappa shape index (κ1) is 17.6. The van der Waals surface area contributed by atoms with Gasteiger partial charge in [-0.2, -0.15) is 0 Å². The van der Waals surface area contributed by atoms with Gasteiger partial charge in [-0.15, -0.1) is 0 Å². The molecule has 3 heteroatoms. The van der Waals surface area contributed by atoms with Gasteiger partial charge in [-0.05, 0) is 57.6 Å². The standard InChI is InChI=1S/C25H18O3/c26-24-15-13-22(14-16-24)20-7-5-18(6-8-20)17-1-3-19(4-2-17)21-9-11-23(12-10-21)25(27)28/h1-16,26H,(H,27,28). The fourth-order valence-electron chi connectivity index (χ4n) is 3.17. The minimum Gasteiger partial charge on any atom is -0.508 e. The number of carbonyl (C=O) groups is 1. The first-order valence-corrected chi connectivity index (χ1v) is 8.94. The van der Waals surface area contributed by atoms with E-state index in [1.165, 1.54) is 0 Å². The summed E-state index contributed by atoms with van der Waals surface area (Å²) in [4.78, 5) is 11.0. The predicted molar refractivity (Wildman–Crippen MR) is 111 cm³/mol. The minimum atomic E-state index is -0.919. The lowest BCUT2D eigenvalue weighted by Gasteiger charge is -2.07. The first-order valence-electron chi connectivity index (χ1n) is 8.94. The Labute approximate surface area is 163 Å². The molecule has 0 fully saturated rings. The molecule has 0 amide bonds. The van der Waals surface area contributed by atoms with E-state index in [0.29, 0.717) is 0 Å². The van der Waals surface area contributed by atoms with Crippen LogP contribution in [0.1, 0.15) is 10.4 Å². The molecule has 0 aliphatic rings. The largest absolute Gasteiger partial charge is 0.508 e. The van der Waals surface area contributed by atoms with Crippen LogP contribution in [0, 0.1) is 0 Å². The number of hydrogen-bond acceptors (Lipinski definition) is 2. The highest BCUT2D eigenvalue weighted by molar-refractivity contribution is 5.88. The fourth-order valence-corrected chi connectivity index (χ4v) is 3.17. The summed E-state index contributed by atoms with van der Waals surface area (Å²) < 4.78 is 0. The molecule has 0 saturated carbocycles. The zero-order chi connectivity index (χ0) is 19.5. The topological polar surface area (TPSA) is 57.5 Å². The highest BCUT2D eigenvalue weighted by atomic mass is 16.4. The Morgan fingerprint density at radius 3 is 1.00 bits per heavy atom. The maximum Gasteiger partial charge on any atom is 0.335 e. The Hall–Kier alpha value is -3.85. The number of aromatic hydroxyl groups is 1. The summed E-state index contributed by atoms with van der Waals surface area (Å²) in [6.07, 6.45) is 0. The summed E-state index contributed by atoms with van der Waals surface area (Å²) in [6, 6.07) is 30.6. The van der Waals surface area contributed by atoms with Crippen LogP contribution in [0.3, 0.4) is 0 Å². The molecule has 0 heterocycles. The third-order valence-corrected chi connectivity index (χ3v) is 4.77. The molecule has 0 saturated heterocycles.